The Morgan fingerprint density at radius 2 is 1.00 bits per heavy atom. The van der Waals surface area contributed by atoms with E-state index in [1.807, 2.05) is 127 Å². The predicted molar refractivity (Wildman–Crippen MR) is 188 cm³/mol. The topological polar surface area (TPSA) is 47.1 Å². The highest BCUT2D eigenvalue weighted by Crippen LogP contribution is 2.31. The van der Waals surface area contributed by atoms with E-state index in [-0.39, 0.29) is 0 Å². The fourth-order valence-corrected chi connectivity index (χ4v) is 5.33. The number of aromatic amines is 1. The van der Waals surface area contributed by atoms with Gasteiger partial charge in [0, 0.05) is 5.56 Å². The molecule has 0 saturated carbocycles. The molecule has 222 valence electrons. The molecule has 1 aromatic heterocycles. The Labute approximate surface area is 268 Å². The quantitative estimate of drug-likeness (QED) is 0.180. The summed E-state index contributed by atoms with van der Waals surface area (Å²) in [4.78, 5) is 8.05. The zero-order chi connectivity index (χ0) is 31.5. The van der Waals surface area contributed by atoms with Gasteiger partial charge in [0.2, 0.25) is 0 Å². The molecule has 0 fully saturated rings. The van der Waals surface area contributed by atoms with Crippen molar-refractivity contribution in [3.63, 3.8) is 0 Å². The van der Waals surface area contributed by atoms with Crippen molar-refractivity contribution in [1.29, 1.82) is 0 Å². The van der Waals surface area contributed by atoms with Crippen molar-refractivity contribution in [3.8, 4) is 34.4 Å². The lowest BCUT2D eigenvalue weighted by Crippen LogP contribution is -1.92. The number of aryl methyl sites for hydroxylation is 1. The molecule has 0 unspecified atom stereocenters. The number of benzene rings is 6. The van der Waals surface area contributed by atoms with E-state index >= 15 is 0 Å². The first-order chi connectivity index (χ1) is 22.5. The molecule has 0 saturated heterocycles. The van der Waals surface area contributed by atoms with Crippen LogP contribution in [0.4, 0.5) is 0 Å². The van der Waals surface area contributed by atoms with Crippen molar-refractivity contribution in [2.24, 2.45) is 0 Å². The number of rotatable bonds is 9. The average molecular weight is 597 g/mol. The van der Waals surface area contributed by atoms with Gasteiger partial charge in [0.05, 0.1) is 11.0 Å². The second-order valence-corrected chi connectivity index (χ2v) is 11.2. The summed E-state index contributed by atoms with van der Waals surface area (Å²) in [6, 6.07) is 48.4. The maximum atomic E-state index is 6.13. The van der Waals surface area contributed by atoms with Crippen LogP contribution in [0.25, 0.3) is 33.6 Å². The second-order valence-electron chi connectivity index (χ2n) is 11.2. The van der Waals surface area contributed by atoms with Gasteiger partial charge < -0.3 is 14.5 Å². The van der Waals surface area contributed by atoms with Crippen molar-refractivity contribution < 1.29 is 9.47 Å². The maximum absolute atomic E-state index is 6.13. The van der Waals surface area contributed by atoms with Crippen LogP contribution in [0.15, 0.2) is 159 Å². The van der Waals surface area contributed by atoms with Crippen molar-refractivity contribution in [1.82, 2.24) is 9.97 Å². The summed E-state index contributed by atoms with van der Waals surface area (Å²) in [7, 11) is 0. The van der Waals surface area contributed by atoms with Gasteiger partial charge in [-0.3, -0.25) is 0 Å². The molecule has 0 radical (unpaired) electrons. The monoisotopic (exact) mass is 596 g/mol. The number of hydrogen-bond donors (Lipinski definition) is 1. The van der Waals surface area contributed by atoms with E-state index in [4.69, 9.17) is 9.47 Å². The highest BCUT2D eigenvalue weighted by atomic mass is 16.5. The average Bonchev–Trinajstić information content (AvgIpc) is 3.54. The number of fused-ring (bicyclic) bond motifs is 1. The summed E-state index contributed by atoms with van der Waals surface area (Å²) < 4.78 is 12.1. The first-order valence-electron chi connectivity index (χ1n) is 15.2. The lowest BCUT2D eigenvalue weighted by molar-refractivity contribution is 0.482. The molecular weight excluding hydrogens is 564 g/mol. The summed E-state index contributed by atoms with van der Waals surface area (Å²) in [6.07, 6.45) is 0. The van der Waals surface area contributed by atoms with E-state index in [2.05, 4.69) is 48.2 Å². The molecule has 4 nitrogen and oxygen atoms in total. The largest absolute Gasteiger partial charge is 0.457 e. The number of para-hydroxylation sites is 2. The number of nitrogens with one attached hydrogen (secondary N) is 1. The van der Waals surface area contributed by atoms with Crippen molar-refractivity contribution >= 4 is 22.2 Å². The second kappa shape index (κ2) is 12.5. The molecule has 46 heavy (non-hydrogen) atoms. The van der Waals surface area contributed by atoms with Crippen LogP contribution in [0.5, 0.6) is 23.0 Å². The molecule has 0 aliphatic carbocycles. The molecule has 4 heteroatoms. The molecule has 7 rings (SSSR count). The van der Waals surface area contributed by atoms with Crippen LogP contribution in [0.1, 0.15) is 27.8 Å². The van der Waals surface area contributed by atoms with E-state index in [1.165, 1.54) is 5.56 Å². The predicted octanol–water partition coefficient (Wildman–Crippen LogP) is 11.2. The minimum absolute atomic E-state index is 0.755. The molecule has 6 aromatic carbocycles. The third-order valence-electron chi connectivity index (χ3n) is 7.97. The van der Waals surface area contributed by atoms with Gasteiger partial charge in [0.25, 0.3) is 0 Å². The van der Waals surface area contributed by atoms with Gasteiger partial charge in [0.15, 0.2) is 0 Å². The normalized spacial score (nSPS) is 10.9. The van der Waals surface area contributed by atoms with Crippen molar-refractivity contribution in [2.75, 3.05) is 0 Å². The number of ether oxygens (including phenoxy) is 2. The standard InChI is InChI=1S/C42H32N2O2/c1-28-11-19-36(20-12-28)45-37-21-13-31(14-22-37)29(2)34-7-6-8-35(27-34)30(3)32-15-23-38(24-16-32)46-39-25-17-33(18-26-39)42-43-40-9-4-5-10-41(40)44-42/h4-27H,2-3H2,1H3,(H,43,44). The minimum Gasteiger partial charge on any atom is -0.457 e. The van der Waals surface area contributed by atoms with Crippen molar-refractivity contribution in [2.45, 2.75) is 6.92 Å². The number of aromatic nitrogens is 2. The van der Waals surface area contributed by atoms with E-state index in [9.17, 15) is 0 Å². The van der Waals surface area contributed by atoms with Crippen molar-refractivity contribution in [3.05, 3.63) is 187 Å². The summed E-state index contributed by atoms with van der Waals surface area (Å²) in [5.74, 6) is 3.95. The molecule has 0 atom stereocenters. The zero-order valence-electron chi connectivity index (χ0n) is 25.5. The Morgan fingerprint density at radius 3 is 1.52 bits per heavy atom. The SMILES string of the molecule is C=C(c1ccc(Oc2ccc(C)cc2)cc1)c1cccc(C(=C)c2ccc(Oc3ccc(-c4nc5ccccc5[nH]4)cc3)cc2)c1. The molecular formula is C42H32N2O2. The van der Waals surface area contributed by atoms with E-state index in [1.54, 1.807) is 0 Å². The molecule has 1 heterocycles. The van der Waals surface area contributed by atoms with E-state index < -0.39 is 0 Å². The van der Waals surface area contributed by atoms with E-state index in [0.717, 1.165) is 78.8 Å². The Morgan fingerprint density at radius 1 is 0.522 bits per heavy atom. The summed E-state index contributed by atoms with van der Waals surface area (Å²) in [5.41, 5.74) is 10.2. The molecule has 0 amide bonds. The molecule has 0 aliphatic rings. The summed E-state index contributed by atoms with van der Waals surface area (Å²) >= 11 is 0. The third-order valence-corrected chi connectivity index (χ3v) is 7.97. The number of H-pyrrole nitrogens is 1. The van der Waals surface area contributed by atoms with Crippen LogP contribution < -0.4 is 9.47 Å². The Kier molecular flexibility index (Phi) is 7.76. The van der Waals surface area contributed by atoms with Crippen LogP contribution in [-0.4, -0.2) is 9.97 Å². The van der Waals surface area contributed by atoms with Gasteiger partial charge in [-0.1, -0.05) is 85.5 Å². The first kappa shape index (κ1) is 28.6. The Balaban J connectivity index is 0.997. The molecule has 7 aromatic rings. The lowest BCUT2D eigenvalue weighted by Gasteiger charge is -2.12. The first-order valence-corrected chi connectivity index (χ1v) is 15.2. The highest BCUT2D eigenvalue weighted by molar-refractivity contribution is 5.84. The Hall–Kier alpha value is -6.13. The highest BCUT2D eigenvalue weighted by Gasteiger charge is 2.09. The number of imidazole rings is 1. The van der Waals surface area contributed by atoms with Gasteiger partial charge in [-0.2, -0.15) is 0 Å². The molecule has 1 N–H and O–H groups in total. The van der Waals surface area contributed by atoms with Crippen LogP contribution in [0.3, 0.4) is 0 Å². The fraction of sp³-hybridized carbons (Fsp3) is 0.0238. The zero-order valence-corrected chi connectivity index (χ0v) is 25.5. The van der Waals surface area contributed by atoms with Crippen LogP contribution >= 0.6 is 0 Å². The molecule has 0 bridgehead atoms. The minimum atomic E-state index is 0.755. The fourth-order valence-electron chi connectivity index (χ4n) is 5.33. The summed E-state index contributed by atoms with van der Waals surface area (Å²) in [6.45, 7) is 10.8. The number of nitrogens with zero attached hydrogens (tertiary/aromatic N) is 1. The van der Waals surface area contributed by atoms with E-state index in [0.29, 0.717) is 0 Å². The third kappa shape index (κ3) is 6.23. The van der Waals surface area contributed by atoms with Gasteiger partial charge in [-0.15, -0.1) is 0 Å². The lowest BCUT2D eigenvalue weighted by atomic mass is 9.94. The van der Waals surface area contributed by atoms with Gasteiger partial charge in [-0.25, -0.2) is 4.98 Å². The van der Waals surface area contributed by atoms with Gasteiger partial charge in [0.1, 0.15) is 28.8 Å². The van der Waals surface area contributed by atoms with Gasteiger partial charge >= 0.3 is 0 Å². The van der Waals surface area contributed by atoms with Gasteiger partial charge in [-0.05, 0) is 119 Å². The summed E-state index contributed by atoms with van der Waals surface area (Å²) in [5, 5.41) is 0. The van der Waals surface area contributed by atoms with Crippen LogP contribution in [0, 0.1) is 6.92 Å². The Bertz CT molecular complexity index is 2120. The smallest absolute Gasteiger partial charge is 0.138 e. The van der Waals surface area contributed by atoms with Crippen LogP contribution in [0.2, 0.25) is 0 Å². The molecule has 0 aliphatic heterocycles. The van der Waals surface area contributed by atoms with Crippen LogP contribution in [-0.2, 0) is 0 Å². The number of hydrogen-bond acceptors (Lipinski definition) is 3. The molecule has 0 spiro atoms. The maximum Gasteiger partial charge on any atom is 0.138 e.